The lowest BCUT2D eigenvalue weighted by molar-refractivity contribution is -0.125. The molecule has 2 N–H and O–H groups in total. The fraction of sp³-hybridized carbons (Fsp3) is 0.909. The number of aliphatic hydroxyl groups is 1. The van der Waals surface area contributed by atoms with Gasteiger partial charge in [-0.15, -0.1) is 0 Å². The number of hydrogen-bond donors (Lipinski definition) is 2. The topological polar surface area (TPSA) is 49.3 Å². The van der Waals surface area contributed by atoms with Crippen molar-refractivity contribution < 1.29 is 9.90 Å². The molecule has 0 spiro atoms. The molecule has 1 unspecified atom stereocenters. The zero-order valence-electron chi connectivity index (χ0n) is 8.96. The summed E-state index contributed by atoms with van der Waals surface area (Å²) in [6.45, 7) is 2.45. The van der Waals surface area contributed by atoms with Crippen LogP contribution in [0.2, 0.25) is 0 Å². The van der Waals surface area contributed by atoms with Gasteiger partial charge in [-0.2, -0.15) is 0 Å². The zero-order valence-corrected chi connectivity index (χ0v) is 8.96. The Bertz CT molecular complexity index is 176. The minimum Gasteiger partial charge on any atom is -0.391 e. The molecule has 0 aliphatic heterocycles. The van der Waals surface area contributed by atoms with Crippen molar-refractivity contribution in [2.45, 2.75) is 51.6 Å². The largest absolute Gasteiger partial charge is 0.391 e. The van der Waals surface area contributed by atoms with Gasteiger partial charge in [0.25, 0.3) is 0 Å². The Morgan fingerprint density at radius 3 is 2.71 bits per heavy atom. The van der Waals surface area contributed by atoms with E-state index >= 15 is 0 Å². The van der Waals surface area contributed by atoms with Crippen molar-refractivity contribution in [1.82, 2.24) is 5.32 Å². The molecule has 0 aromatic rings. The molecular weight excluding hydrogens is 178 g/mol. The van der Waals surface area contributed by atoms with Crippen LogP contribution in [0.3, 0.4) is 0 Å². The summed E-state index contributed by atoms with van der Waals surface area (Å²) in [5.41, 5.74) is 0. The van der Waals surface area contributed by atoms with Gasteiger partial charge in [0.05, 0.1) is 6.10 Å². The number of carbonyl (C=O) groups excluding carboxylic acids is 1. The molecule has 1 amide bonds. The fourth-order valence-electron chi connectivity index (χ4n) is 1.99. The second-order valence-corrected chi connectivity index (χ2v) is 4.17. The standard InChI is InChI=1S/C11H21NO2/c1-2-5-10(13)8-12-11(14)9-6-3-4-7-9/h9-10,13H,2-8H2,1H3,(H,12,14). The van der Waals surface area contributed by atoms with Gasteiger partial charge >= 0.3 is 0 Å². The van der Waals surface area contributed by atoms with Gasteiger partial charge in [0.2, 0.25) is 5.91 Å². The van der Waals surface area contributed by atoms with Gasteiger partial charge in [0.1, 0.15) is 0 Å². The predicted octanol–water partition coefficient (Wildman–Crippen LogP) is 1.45. The molecule has 0 aromatic heterocycles. The lowest BCUT2D eigenvalue weighted by atomic mass is 10.1. The average Bonchev–Trinajstić information content (AvgIpc) is 2.67. The highest BCUT2D eigenvalue weighted by molar-refractivity contribution is 5.78. The number of hydrogen-bond acceptors (Lipinski definition) is 2. The molecule has 1 atom stereocenters. The van der Waals surface area contributed by atoms with Gasteiger partial charge < -0.3 is 10.4 Å². The first-order chi connectivity index (χ1) is 6.74. The molecule has 1 saturated carbocycles. The lowest BCUT2D eigenvalue weighted by Gasteiger charge is -2.13. The van der Waals surface area contributed by atoms with Crippen molar-refractivity contribution in [3.05, 3.63) is 0 Å². The Kier molecular flexibility index (Phi) is 4.94. The van der Waals surface area contributed by atoms with E-state index in [2.05, 4.69) is 5.32 Å². The van der Waals surface area contributed by atoms with E-state index in [0.717, 1.165) is 25.7 Å². The van der Waals surface area contributed by atoms with Crippen molar-refractivity contribution in [3.8, 4) is 0 Å². The highest BCUT2D eigenvalue weighted by Crippen LogP contribution is 2.24. The van der Waals surface area contributed by atoms with Crippen LogP contribution >= 0.6 is 0 Å². The molecule has 1 aliphatic rings. The molecular formula is C11H21NO2. The summed E-state index contributed by atoms with van der Waals surface area (Å²) in [7, 11) is 0. The second kappa shape index (κ2) is 6.02. The summed E-state index contributed by atoms with van der Waals surface area (Å²) in [6, 6.07) is 0. The number of rotatable bonds is 5. The van der Waals surface area contributed by atoms with Gasteiger partial charge in [0.15, 0.2) is 0 Å². The minimum atomic E-state index is -0.370. The Hall–Kier alpha value is -0.570. The third-order valence-electron chi connectivity index (χ3n) is 2.86. The van der Waals surface area contributed by atoms with E-state index in [1.54, 1.807) is 0 Å². The number of amides is 1. The summed E-state index contributed by atoms with van der Waals surface area (Å²) in [5.74, 6) is 0.349. The summed E-state index contributed by atoms with van der Waals surface area (Å²) < 4.78 is 0. The van der Waals surface area contributed by atoms with Crippen LogP contribution in [-0.4, -0.2) is 23.7 Å². The normalized spacial score (nSPS) is 19.6. The van der Waals surface area contributed by atoms with Crippen molar-refractivity contribution >= 4 is 5.91 Å². The third-order valence-corrected chi connectivity index (χ3v) is 2.86. The van der Waals surface area contributed by atoms with Crippen molar-refractivity contribution in [2.75, 3.05) is 6.54 Å². The SMILES string of the molecule is CCCC(O)CNC(=O)C1CCCC1. The molecule has 1 aliphatic carbocycles. The number of carbonyl (C=O) groups is 1. The molecule has 3 nitrogen and oxygen atoms in total. The van der Waals surface area contributed by atoms with E-state index in [1.165, 1.54) is 12.8 Å². The van der Waals surface area contributed by atoms with Gasteiger partial charge in [-0.1, -0.05) is 26.2 Å². The van der Waals surface area contributed by atoms with Crippen molar-refractivity contribution in [3.63, 3.8) is 0 Å². The average molecular weight is 199 g/mol. The molecule has 1 fully saturated rings. The van der Waals surface area contributed by atoms with Crippen LogP contribution in [0.1, 0.15) is 45.4 Å². The third kappa shape index (κ3) is 3.66. The summed E-state index contributed by atoms with van der Waals surface area (Å²) in [6.07, 6.45) is 5.76. The summed E-state index contributed by atoms with van der Waals surface area (Å²) in [4.78, 5) is 11.5. The number of aliphatic hydroxyl groups excluding tert-OH is 1. The van der Waals surface area contributed by atoms with E-state index in [-0.39, 0.29) is 17.9 Å². The molecule has 14 heavy (non-hydrogen) atoms. The lowest BCUT2D eigenvalue weighted by Crippen LogP contribution is -2.35. The van der Waals surface area contributed by atoms with Crippen LogP contribution in [-0.2, 0) is 4.79 Å². The van der Waals surface area contributed by atoms with Gasteiger partial charge in [0, 0.05) is 12.5 Å². The van der Waals surface area contributed by atoms with Crippen LogP contribution in [0.15, 0.2) is 0 Å². The molecule has 0 saturated heterocycles. The first-order valence-corrected chi connectivity index (χ1v) is 5.69. The molecule has 0 radical (unpaired) electrons. The Morgan fingerprint density at radius 1 is 1.50 bits per heavy atom. The molecule has 82 valence electrons. The van der Waals surface area contributed by atoms with Crippen LogP contribution in [0.4, 0.5) is 0 Å². The molecule has 0 bridgehead atoms. The highest BCUT2D eigenvalue weighted by atomic mass is 16.3. The monoisotopic (exact) mass is 199 g/mol. The maximum absolute atomic E-state index is 11.5. The maximum atomic E-state index is 11.5. The highest BCUT2D eigenvalue weighted by Gasteiger charge is 2.22. The minimum absolute atomic E-state index is 0.137. The first kappa shape index (κ1) is 11.5. The van der Waals surface area contributed by atoms with Crippen LogP contribution in [0, 0.1) is 5.92 Å². The van der Waals surface area contributed by atoms with Crippen LogP contribution in [0.5, 0.6) is 0 Å². The Labute approximate surface area is 85.9 Å². The van der Waals surface area contributed by atoms with E-state index < -0.39 is 0 Å². The van der Waals surface area contributed by atoms with E-state index in [1.807, 2.05) is 6.92 Å². The Morgan fingerprint density at radius 2 is 2.14 bits per heavy atom. The molecule has 0 aromatic carbocycles. The molecule has 1 rings (SSSR count). The molecule has 3 heteroatoms. The second-order valence-electron chi connectivity index (χ2n) is 4.17. The summed E-state index contributed by atoms with van der Waals surface area (Å²) in [5, 5.41) is 12.2. The first-order valence-electron chi connectivity index (χ1n) is 5.69. The van der Waals surface area contributed by atoms with E-state index in [0.29, 0.717) is 6.54 Å². The quantitative estimate of drug-likeness (QED) is 0.704. The van der Waals surface area contributed by atoms with Crippen molar-refractivity contribution in [2.24, 2.45) is 5.92 Å². The Balaban J connectivity index is 2.13. The van der Waals surface area contributed by atoms with Crippen molar-refractivity contribution in [1.29, 1.82) is 0 Å². The van der Waals surface area contributed by atoms with E-state index in [9.17, 15) is 9.90 Å². The predicted molar refractivity (Wildman–Crippen MR) is 55.9 cm³/mol. The fourth-order valence-corrected chi connectivity index (χ4v) is 1.99. The maximum Gasteiger partial charge on any atom is 0.223 e. The van der Waals surface area contributed by atoms with Gasteiger partial charge in [-0.25, -0.2) is 0 Å². The van der Waals surface area contributed by atoms with Crippen LogP contribution in [0.25, 0.3) is 0 Å². The molecule has 0 heterocycles. The number of nitrogens with one attached hydrogen (secondary N) is 1. The van der Waals surface area contributed by atoms with E-state index in [4.69, 9.17) is 0 Å². The zero-order chi connectivity index (χ0) is 10.4. The van der Waals surface area contributed by atoms with Gasteiger partial charge in [-0.05, 0) is 19.3 Å². The summed E-state index contributed by atoms with van der Waals surface area (Å²) >= 11 is 0. The van der Waals surface area contributed by atoms with Gasteiger partial charge in [-0.3, -0.25) is 4.79 Å². The smallest absolute Gasteiger partial charge is 0.223 e. The van der Waals surface area contributed by atoms with Crippen LogP contribution < -0.4 is 5.32 Å².